The number of ether oxygens (including phenoxy) is 2. The lowest BCUT2D eigenvalue weighted by Crippen LogP contribution is -2.65. The molecule has 3 rings (SSSR count). The molecular weight excluding hydrogens is 361 g/mol. The van der Waals surface area contributed by atoms with Crippen LogP contribution in [0.2, 0.25) is 5.02 Å². The van der Waals surface area contributed by atoms with Gasteiger partial charge >= 0.3 is 18.1 Å². The minimum atomic E-state index is -5.04. The highest BCUT2D eigenvalue weighted by Gasteiger charge is 2.65. The van der Waals surface area contributed by atoms with Crippen molar-refractivity contribution in [2.45, 2.75) is 19.0 Å². The van der Waals surface area contributed by atoms with Crippen LogP contribution in [0, 0.1) is 6.92 Å². The number of hydrogen-bond donors (Lipinski definition) is 2. The molecule has 0 saturated heterocycles. The highest BCUT2D eigenvalue weighted by Crippen LogP contribution is 2.46. The van der Waals surface area contributed by atoms with Crippen LogP contribution in [0.1, 0.15) is 5.56 Å². The van der Waals surface area contributed by atoms with Crippen molar-refractivity contribution in [1.29, 1.82) is 0 Å². The molecule has 1 heterocycles. The Bertz CT molecular complexity index is 829. The van der Waals surface area contributed by atoms with Gasteiger partial charge in [-0.05, 0) is 30.7 Å². The normalized spacial score (nSPS) is 18.8. The van der Waals surface area contributed by atoms with Gasteiger partial charge in [0.25, 0.3) is 0 Å². The van der Waals surface area contributed by atoms with Crippen molar-refractivity contribution in [2.75, 3.05) is 5.32 Å². The first-order valence-electron chi connectivity index (χ1n) is 7.09. The van der Waals surface area contributed by atoms with Gasteiger partial charge in [-0.15, -0.1) is 0 Å². The van der Waals surface area contributed by atoms with Gasteiger partial charge in [0, 0.05) is 16.8 Å². The molecule has 0 radical (unpaired) electrons. The summed E-state index contributed by atoms with van der Waals surface area (Å²) in [5, 5.41) is 4.22. The number of anilines is 1. The largest absolute Gasteiger partial charge is 0.492 e. The lowest BCUT2D eigenvalue weighted by Gasteiger charge is -2.29. The Morgan fingerprint density at radius 1 is 1.12 bits per heavy atom. The van der Waals surface area contributed by atoms with Gasteiger partial charge < -0.3 is 14.8 Å². The summed E-state index contributed by atoms with van der Waals surface area (Å²) < 4.78 is 50.4. The van der Waals surface area contributed by atoms with E-state index in [4.69, 9.17) is 21.1 Å². The average molecular weight is 373 g/mol. The molecule has 1 unspecified atom stereocenters. The van der Waals surface area contributed by atoms with Crippen molar-refractivity contribution < 1.29 is 27.4 Å². The fraction of sp³-hybridized carbons (Fsp3) is 0.188. The zero-order valence-corrected chi connectivity index (χ0v) is 13.5. The van der Waals surface area contributed by atoms with Crippen LogP contribution in [0.25, 0.3) is 0 Å². The van der Waals surface area contributed by atoms with Crippen molar-refractivity contribution >= 4 is 23.3 Å². The summed E-state index contributed by atoms with van der Waals surface area (Å²) in [7, 11) is 0. The summed E-state index contributed by atoms with van der Waals surface area (Å²) in [6.07, 6.45) is -5.04. The Balaban J connectivity index is 1.84. The number of amides is 2. The molecule has 5 nitrogen and oxygen atoms in total. The van der Waals surface area contributed by atoms with Crippen LogP contribution in [0.4, 0.5) is 23.7 Å². The number of carbonyl (C=O) groups excluding carboxylic acids is 1. The number of para-hydroxylation sites is 1. The van der Waals surface area contributed by atoms with Crippen LogP contribution in [-0.4, -0.2) is 18.1 Å². The summed E-state index contributed by atoms with van der Waals surface area (Å²) in [4.78, 5) is 12.1. The molecule has 1 atom stereocenters. The fourth-order valence-electron chi connectivity index (χ4n) is 2.23. The second kappa shape index (κ2) is 6.03. The predicted molar refractivity (Wildman–Crippen MR) is 84.8 cm³/mol. The van der Waals surface area contributed by atoms with E-state index in [2.05, 4.69) is 5.32 Å². The van der Waals surface area contributed by atoms with Crippen LogP contribution >= 0.6 is 11.6 Å². The number of fused-ring (bicyclic) bond motifs is 1. The number of urea groups is 1. The molecule has 2 aromatic rings. The molecule has 0 bridgehead atoms. The topological polar surface area (TPSA) is 59.6 Å². The van der Waals surface area contributed by atoms with Gasteiger partial charge in [0.05, 0.1) is 0 Å². The van der Waals surface area contributed by atoms with E-state index in [1.807, 2.05) is 0 Å². The minimum absolute atomic E-state index is 0.171. The maximum atomic E-state index is 13.5. The average Bonchev–Trinajstić information content (AvgIpc) is 2.87. The number of nitrogens with one attached hydrogen (secondary N) is 2. The van der Waals surface area contributed by atoms with Crippen LogP contribution < -0.4 is 20.1 Å². The summed E-state index contributed by atoms with van der Waals surface area (Å²) in [6, 6.07) is 9.25. The number of halogens is 4. The molecule has 1 aliphatic heterocycles. The van der Waals surface area contributed by atoms with E-state index in [0.29, 0.717) is 11.3 Å². The number of rotatable bonds is 2. The van der Waals surface area contributed by atoms with Crippen molar-refractivity contribution in [3.05, 3.63) is 53.1 Å². The smallest absolute Gasteiger partial charge is 0.424 e. The standard InChI is InChI=1S/C16H12ClF3N2O3/c1-9-4-2-3-5-11(9)21-14(23)22-16(15(18,19)20)24-12-7-6-10(17)8-13(12)25-16/h2-8H,1H3,(H2,21,22,23). The predicted octanol–water partition coefficient (Wildman–Crippen LogP) is 4.46. The first-order valence-corrected chi connectivity index (χ1v) is 7.47. The summed E-state index contributed by atoms with van der Waals surface area (Å²) >= 11 is 5.74. The van der Waals surface area contributed by atoms with Crippen molar-refractivity contribution in [3.8, 4) is 11.5 Å². The molecule has 2 amide bonds. The Morgan fingerprint density at radius 3 is 2.48 bits per heavy atom. The molecule has 25 heavy (non-hydrogen) atoms. The third-order valence-electron chi connectivity index (χ3n) is 3.46. The van der Waals surface area contributed by atoms with E-state index in [0.717, 1.165) is 0 Å². The van der Waals surface area contributed by atoms with E-state index in [9.17, 15) is 18.0 Å². The Labute approximate surface area is 145 Å². The second-order valence-corrected chi connectivity index (χ2v) is 5.74. The summed E-state index contributed by atoms with van der Waals surface area (Å²) in [5.74, 6) is -3.74. The van der Waals surface area contributed by atoms with Gasteiger partial charge in [-0.25, -0.2) is 4.79 Å². The molecule has 0 spiro atoms. The highest BCUT2D eigenvalue weighted by atomic mass is 35.5. The molecule has 0 aliphatic carbocycles. The second-order valence-electron chi connectivity index (χ2n) is 5.30. The lowest BCUT2D eigenvalue weighted by molar-refractivity contribution is -0.317. The number of alkyl halides is 3. The summed E-state index contributed by atoms with van der Waals surface area (Å²) in [6.45, 7) is 1.70. The minimum Gasteiger partial charge on any atom is -0.424 e. The first kappa shape index (κ1) is 17.2. The first-order chi connectivity index (χ1) is 11.7. The number of hydrogen-bond acceptors (Lipinski definition) is 3. The third kappa shape index (κ3) is 3.30. The van der Waals surface area contributed by atoms with Crippen molar-refractivity contribution in [2.24, 2.45) is 0 Å². The van der Waals surface area contributed by atoms with E-state index in [-0.39, 0.29) is 16.5 Å². The summed E-state index contributed by atoms with van der Waals surface area (Å²) in [5.41, 5.74) is 1.04. The highest BCUT2D eigenvalue weighted by molar-refractivity contribution is 6.30. The van der Waals surface area contributed by atoms with Crippen LogP contribution in [0.15, 0.2) is 42.5 Å². The molecule has 9 heteroatoms. The Hall–Kier alpha value is -2.61. The zero-order valence-electron chi connectivity index (χ0n) is 12.8. The molecule has 0 saturated carbocycles. The van der Waals surface area contributed by atoms with Gasteiger partial charge in [0.15, 0.2) is 11.5 Å². The van der Waals surface area contributed by atoms with Gasteiger partial charge in [-0.2, -0.15) is 13.2 Å². The van der Waals surface area contributed by atoms with Crippen molar-refractivity contribution in [3.63, 3.8) is 0 Å². The SMILES string of the molecule is Cc1ccccc1NC(=O)NC1(C(F)(F)F)Oc2ccc(Cl)cc2O1. The van der Waals surface area contributed by atoms with Gasteiger partial charge in [-0.3, -0.25) is 5.32 Å². The molecule has 2 N–H and O–H groups in total. The van der Waals surface area contributed by atoms with Gasteiger partial charge in [0.2, 0.25) is 0 Å². The lowest BCUT2D eigenvalue weighted by atomic mass is 10.2. The molecule has 132 valence electrons. The number of carbonyl (C=O) groups is 1. The number of aryl methyl sites for hydroxylation is 1. The molecule has 0 aromatic heterocycles. The van der Waals surface area contributed by atoms with E-state index < -0.39 is 18.1 Å². The molecule has 1 aliphatic rings. The van der Waals surface area contributed by atoms with Crippen LogP contribution in [0.5, 0.6) is 11.5 Å². The third-order valence-corrected chi connectivity index (χ3v) is 3.69. The monoisotopic (exact) mass is 372 g/mol. The quantitative estimate of drug-likeness (QED) is 0.818. The molecule has 2 aromatic carbocycles. The van der Waals surface area contributed by atoms with Crippen LogP contribution in [0.3, 0.4) is 0 Å². The number of benzene rings is 2. The zero-order chi connectivity index (χ0) is 18.2. The van der Waals surface area contributed by atoms with E-state index >= 15 is 0 Å². The Kier molecular flexibility index (Phi) is 4.16. The maximum Gasteiger partial charge on any atom is 0.492 e. The van der Waals surface area contributed by atoms with Crippen molar-refractivity contribution in [1.82, 2.24) is 5.32 Å². The molecular formula is C16H12ClF3N2O3. The van der Waals surface area contributed by atoms with Gasteiger partial charge in [0.1, 0.15) is 0 Å². The molecule has 0 fully saturated rings. The van der Waals surface area contributed by atoms with Crippen LogP contribution in [-0.2, 0) is 0 Å². The van der Waals surface area contributed by atoms with E-state index in [1.54, 1.807) is 36.5 Å². The van der Waals surface area contributed by atoms with E-state index in [1.165, 1.54) is 18.2 Å². The maximum absolute atomic E-state index is 13.5. The van der Waals surface area contributed by atoms with Gasteiger partial charge in [-0.1, -0.05) is 29.8 Å². The fourth-order valence-corrected chi connectivity index (χ4v) is 2.39. The Morgan fingerprint density at radius 2 is 1.80 bits per heavy atom.